The lowest BCUT2D eigenvalue weighted by Crippen LogP contribution is -2.52. The first kappa shape index (κ1) is 29.7. The molecule has 0 aliphatic carbocycles. The molecule has 0 spiro atoms. The van der Waals surface area contributed by atoms with Crippen molar-refractivity contribution in [1.29, 1.82) is 0 Å². The number of benzene rings is 3. The Hall–Kier alpha value is -1.89. The molecule has 4 nitrogen and oxygen atoms in total. The van der Waals surface area contributed by atoms with E-state index in [1.165, 1.54) is 11.8 Å². The second kappa shape index (κ2) is 14.3. The van der Waals surface area contributed by atoms with Crippen LogP contribution in [0.3, 0.4) is 0 Å². The Balaban J connectivity index is 1.86. The van der Waals surface area contributed by atoms with Crippen LogP contribution in [0.25, 0.3) is 0 Å². The second-order valence-corrected chi connectivity index (χ2v) is 11.5. The van der Waals surface area contributed by atoms with Crippen molar-refractivity contribution < 1.29 is 9.59 Å². The van der Waals surface area contributed by atoms with Crippen molar-refractivity contribution in [1.82, 2.24) is 10.2 Å². The van der Waals surface area contributed by atoms with Crippen molar-refractivity contribution in [2.75, 3.05) is 5.75 Å². The number of halogens is 4. The van der Waals surface area contributed by atoms with E-state index >= 15 is 0 Å². The Morgan fingerprint density at radius 3 is 2.00 bits per heavy atom. The zero-order valence-corrected chi connectivity index (χ0v) is 24.4. The Kier molecular flexibility index (Phi) is 11.5. The smallest absolute Gasteiger partial charge is 0.243 e. The van der Waals surface area contributed by atoms with Gasteiger partial charge in [-0.05, 0) is 54.8 Å². The Bertz CT molecular complexity index is 1220. The summed E-state index contributed by atoms with van der Waals surface area (Å²) in [7, 11) is 0. The van der Waals surface area contributed by atoms with Gasteiger partial charge in [0.1, 0.15) is 6.04 Å². The molecule has 0 aliphatic heterocycles. The number of rotatable bonds is 11. The highest BCUT2D eigenvalue weighted by molar-refractivity contribution is 7.99. The van der Waals surface area contributed by atoms with Gasteiger partial charge in [-0.15, -0.1) is 11.8 Å². The van der Waals surface area contributed by atoms with Crippen molar-refractivity contribution in [2.24, 2.45) is 0 Å². The molecule has 1 unspecified atom stereocenters. The molecule has 0 heterocycles. The minimum atomic E-state index is -0.711. The van der Waals surface area contributed by atoms with Crippen LogP contribution < -0.4 is 5.32 Å². The van der Waals surface area contributed by atoms with E-state index in [0.29, 0.717) is 32.3 Å². The van der Waals surface area contributed by atoms with Gasteiger partial charge in [0.2, 0.25) is 11.8 Å². The number of thioether (sulfide) groups is 1. The van der Waals surface area contributed by atoms with E-state index in [1.807, 2.05) is 56.3 Å². The molecule has 3 aromatic carbocycles. The summed E-state index contributed by atoms with van der Waals surface area (Å²) in [6.45, 7) is 4.01. The van der Waals surface area contributed by atoms with Gasteiger partial charge in [0.25, 0.3) is 0 Å². The van der Waals surface area contributed by atoms with E-state index in [9.17, 15) is 9.59 Å². The van der Waals surface area contributed by atoms with Crippen molar-refractivity contribution >= 4 is 70.0 Å². The molecule has 9 heteroatoms. The summed E-state index contributed by atoms with van der Waals surface area (Å²) in [6.07, 6.45) is 0.379. The van der Waals surface area contributed by atoms with Crippen LogP contribution in [0.4, 0.5) is 0 Å². The van der Waals surface area contributed by atoms with Crippen molar-refractivity contribution in [3.05, 3.63) is 104 Å². The van der Waals surface area contributed by atoms with E-state index < -0.39 is 6.04 Å². The molecule has 0 aromatic heterocycles. The van der Waals surface area contributed by atoms with Gasteiger partial charge in [0, 0.05) is 24.8 Å². The highest BCUT2D eigenvalue weighted by Gasteiger charge is 2.30. The van der Waals surface area contributed by atoms with E-state index in [1.54, 1.807) is 29.2 Å². The second-order valence-electron chi connectivity index (χ2n) is 8.88. The monoisotopic (exact) mass is 596 g/mol. The average Bonchev–Trinajstić information content (AvgIpc) is 2.85. The zero-order chi connectivity index (χ0) is 26.9. The highest BCUT2D eigenvalue weighted by Crippen LogP contribution is 2.26. The van der Waals surface area contributed by atoms with Crippen molar-refractivity contribution in [3.63, 3.8) is 0 Å². The third-order valence-electron chi connectivity index (χ3n) is 5.52. The normalized spacial score (nSPS) is 11.9. The minimum Gasteiger partial charge on any atom is -0.352 e. The number of hydrogen-bond donors (Lipinski definition) is 1. The summed E-state index contributed by atoms with van der Waals surface area (Å²) >= 11 is 26.0. The van der Waals surface area contributed by atoms with Crippen molar-refractivity contribution in [3.8, 4) is 0 Å². The number of carbonyl (C=O) groups is 2. The number of nitrogens with one attached hydrogen (secondary N) is 1. The predicted molar refractivity (Wildman–Crippen MR) is 157 cm³/mol. The standard InChI is InChI=1S/C28H28Cl4N2O2S/c1-18(2)33-28(36)26(14-19-6-4-3-5-7-19)34(15-20-8-10-22(29)24(31)12-20)27(35)17-37-16-21-9-11-23(30)25(32)13-21/h3-13,18,26H,14-17H2,1-2H3,(H,33,36). The maximum atomic E-state index is 13.7. The maximum absolute atomic E-state index is 13.7. The molecule has 0 saturated carbocycles. The van der Waals surface area contributed by atoms with Crippen LogP contribution in [0.15, 0.2) is 66.7 Å². The average molecular weight is 598 g/mol. The summed E-state index contributed by atoms with van der Waals surface area (Å²) < 4.78 is 0. The molecule has 37 heavy (non-hydrogen) atoms. The van der Waals surface area contributed by atoms with Crippen LogP contribution >= 0.6 is 58.2 Å². The quantitative estimate of drug-likeness (QED) is 0.246. The molecular weight excluding hydrogens is 570 g/mol. The molecule has 0 fully saturated rings. The van der Waals surface area contributed by atoms with Gasteiger partial charge in [-0.3, -0.25) is 9.59 Å². The lowest BCUT2D eigenvalue weighted by molar-refractivity contribution is -0.139. The van der Waals surface area contributed by atoms with Crippen LogP contribution in [0.2, 0.25) is 20.1 Å². The molecular formula is C28H28Cl4N2O2S. The number of nitrogens with zero attached hydrogens (tertiary/aromatic N) is 1. The SMILES string of the molecule is CC(C)NC(=O)C(Cc1ccccc1)N(Cc1ccc(Cl)c(Cl)c1)C(=O)CSCc1ccc(Cl)c(Cl)c1. The molecule has 3 rings (SSSR count). The van der Waals surface area contributed by atoms with Gasteiger partial charge >= 0.3 is 0 Å². The first-order valence-electron chi connectivity index (χ1n) is 11.7. The van der Waals surface area contributed by atoms with Crippen LogP contribution in [0.1, 0.15) is 30.5 Å². The fraction of sp³-hybridized carbons (Fsp3) is 0.286. The first-order chi connectivity index (χ1) is 17.6. The largest absolute Gasteiger partial charge is 0.352 e. The fourth-order valence-electron chi connectivity index (χ4n) is 3.74. The zero-order valence-electron chi connectivity index (χ0n) is 20.5. The minimum absolute atomic E-state index is 0.0725. The first-order valence-corrected chi connectivity index (χ1v) is 14.4. The van der Waals surface area contributed by atoms with Gasteiger partial charge in [-0.1, -0.05) is 88.9 Å². The van der Waals surface area contributed by atoms with Gasteiger partial charge in [0.05, 0.1) is 25.8 Å². The lowest BCUT2D eigenvalue weighted by atomic mass is 10.0. The Morgan fingerprint density at radius 1 is 0.811 bits per heavy atom. The number of carbonyl (C=O) groups excluding carboxylic acids is 2. The fourth-order valence-corrected chi connectivity index (χ4v) is 5.24. The number of amides is 2. The van der Waals surface area contributed by atoms with Crippen molar-refractivity contribution in [2.45, 2.75) is 44.6 Å². The van der Waals surface area contributed by atoms with Gasteiger partial charge < -0.3 is 10.2 Å². The van der Waals surface area contributed by atoms with Crippen LogP contribution in [0, 0.1) is 0 Å². The summed E-state index contributed by atoms with van der Waals surface area (Å²) in [5.74, 6) is 0.393. The van der Waals surface area contributed by atoms with E-state index in [2.05, 4.69) is 5.32 Å². The topological polar surface area (TPSA) is 49.4 Å². The Morgan fingerprint density at radius 2 is 1.41 bits per heavy atom. The van der Waals surface area contributed by atoms with Crippen LogP contribution in [0.5, 0.6) is 0 Å². The van der Waals surface area contributed by atoms with E-state index in [-0.39, 0.29) is 30.2 Å². The number of hydrogen-bond acceptors (Lipinski definition) is 3. The van der Waals surface area contributed by atoms with Crippen LogP contribution in [-0.4, -0.2) is 34.6 Å². The molecule has 2 amide bonds. The van der Waals surface area contributed by atoms with Gasteiger partial charge in [-0.2, -0.15) is 0 Å². The summed E-state index contributed by atoms with van der Waals surface area (Å²) in [5.41, 5.74) is 2.70. The molecule has 0 aliphatic rings. The summed E-state index contributed by atoms with van der Waals surface area (Å²) in [4.78, 5) is 28.7. The van der Waals surface area contributed by atoms with Gasteiger partial charge in [-0.25, -0.2) is 0 Å². The third kappa shape index (κ3) is 9.12. The molecule has 0 radical (unpaired) electrons. The summed E-state index contributed by atoms with van der Waals surface area (Å²) in [6, 6.07) is 19.6. The highest BCUT2D eigenvalue weighted by atomic mass is 35.5. The van der Waals surface area contributed by atoms with E-state index in [0.717, 1.165) is 16.7 Å². The lowest BCUT2D eigenvalue weighted by Gasteiger charge is -2.32. The van der Waals surface area contributed by atoms with E-state index in [4.69, 9.17) is 46.4 Å². The molecule has 196 valence electrons. The van der Waals surface area contributed by atoms with Gasteiger partial charge in [0.15, 0.2) is 0 Å². The molecule has 0 saturated heterocycles. The third-order valence-corrected chi connectivity index (χ3v) is 7.98. The Labute approximate surface area is 242 Å². The molecule has 3 aromatic rings. The molecule has 0 bridgehead atoms. The molecule has 1 atom stereocenters. The maximum Gasteiger partial charge on any atom is 0.243 e. The molecule has 1 N–H and O–H groups in total. The summed E-state index contributed by atoms with van der Waals surface area (Å²) in [5, 5.41) is 4.77. The van der Waals surface area contributed by atoms with Crippen LogP contribution in [-0.2, 0) is 28.3 Å². The predicted octanol–water partition coefficient (Wildman–Crippen LogP) is 7.70.